The summed E-state index contributed by atoms with van der Waals surface area (Å²) in [6, 6.07) is 14.2. The fraction of sp³-hybridized carbons (Fsp3) is 0.458. The molecule has 0 saturated carbocycles. The Morgan fingerprint density at radius 2 is 1.68 bits per heavy atom. The van der Waals surface area contributed by atoms with Gasteiger partial charge in [0.15, 0.2) is 0 Å². The Kier molecular flexibility index (Phi) is 8.79. The summed E-state index contributed by atoms with van der Waals surface area (Å²) in [5.74, 6) is -0.731. The number of hydrogen-bond donors (Lipinski definition) is 0. The van der Waals surface area contributed by atoms with Crippen LogP contribution in [0, 0.1) is 0 Å². The average Bonchev–Trinajstić information content (AvgIpc) is 2.74. The number of benzene rings is 2. The van der Waals surface area contributed by atoms with Crippen molar-refractivity contribution in [1.82, 2.24) is 0 Å². The molecule has 170 valence electrons. The van der Waals surface area contributed by atoms with Gasteiger partial charge in [-0.05, 0) is 48.4 Å². The summed E-state index contributed by atoms with van der Waals surface area (Å²) in [5.41, 5.74) is 2.40. The molecule has 1 unspecified atom stereocenters. The molecule has 0 amide bonds. The van der Waals surface area contributed by atoms with Crippen LogP contribution in [0.2, 0.25) is 0 Å². The smallest absolute Gasteiger partial charge is 0.339 e. The van der Waals surface area contributed by atoms with Crippen molar-refractivity contribution in [2.45, 2.75) is 57.0 Å². The maximum absolute atomic E-state index is 12.7. The maximum atomic E-state index is 12.7. The summed E-state index contributed by atoms with van der Waals surface area (Å²) in [7, 11) is -2.59. The van der Waals surface area contributed by atoms with Crippen LogP contribution < -0.4 is 0 Å². The molecule has 0 spiro atoms. The third kappa shape index (κ3) is 7.45. The van der Waals surface area contributed by atoms with Gasteiger partial charge < -0.3 is 9.47 Å². The van der Waals surface area contributed by atoms with Gasteiger partial charge in [0.05, 0.1) is 18.3 Å². The standard InChI is InChI=1S/C24H32O6S/c1-18(28-5)17-29-23(25)21-10-6-7-11-22(21)31(26,27)30-16-8-9-19-12-14-20(15-13-19)24(2,3)4/h6-7,10-15,18H,8-9,16-17H2,1-5H3. The number of methoxy groups -OCH3 is 1. The Labute approximate surface area is 185 Å². The maximum Gasteiger partial charge on any atom is 0.339 e. The molecule has 0 aliphatic heterocycles. The summed E-state index contributed by atoms with van der Waals surface area (Å²) < 4.78 is 40.7. The Bertz CT molecular complexity index is 958. The van der Waals surface area contributed by atoms with E-state index in [2.05, 4.69) is 45.0 Å². The molecule has 0 bridgehead atoms. The van der Waals surface area contributed by atoms with Crippen LogP contribution >= 0.6 is 0 Å². The van der Waals surface area contributed by atoms with Crippen LogP contribution in [0.3, 0.4) is 0 Å². The lowest BCUT2D eigenvalue weighted by Gasteiger charge is -2.19. The third-order valence-electron chi connectivity index (χ3n) is 4.90. The first-order valence-electron chi connectivity index (χ1n) is 10.3. The van der Waals surface area contributed by atoms with Gasteiger partial charge in [0.25, 0.3) is 10.1 Å². The van der Waals surface area contributed by atoms with E-state index in [1.807, 2.05) is 0 Å². The molecule has 6 nitrogen and oxygen atoms in total. The quantitative estimate of drug-likeness (QED) is 0.302. The molecule has 0 N–H and O–H groups in total. The normalized spacial score (nSPS) is 13.1. The van der Waals surface area contributed by atoms with E-state index in [9.17, 15) is 13.2 Å². The molecule has 0 heterocycles. The zero-order chi connectivity index (χ0) is 23.1. The average molecular weight is 449 g/mol. The van der Waals surface area contributed by atoms with Crippen LogP contribution in [-0.2, 0) is 35.6 Å². The van der Waals surface area contributed by atoms with E-state index in [4.69, 9.17) is 13.7 Å². The zero-order valence-electron chi connectivity index (χ0n) is 18.9. The fourth-order valence-corrected chi connectivity index (χ4v) is 4.00. The second-order valence-electron chi connectivity index (χ2n) is 8.47. The van der Waals surface area contributed by atoms with Crippen molar-refractivity contribution in [2.24, 2.45) is 0 Å². The number of ether oxygens (including phenoxy) is 2. The first kappa shape index (κ1) is 25.0. The SMILES string of the molecule is COC(C)COC(=O)c1ccccc1S(=O)(=O)OCCCc1ccc(C(C)(C)C)cc1. The summed E-state index contributed by atoms with van der Waals surface area (Å²) >= 11 is 0. The minimum absolute atomic E-state index is 0.0213. The highest BCUT2D eigenvalue weighted by Gasteiger charge is 2.24. The fourth-order valence-electron chi connectivity index (χ4n) is 2.87. The molecule has 31 heavy (non-hydrogen) atoms. The summed E-state index contributed by atoms with van der Waals surface area (Å²) in [4.78, 5) is 12.2. The highest BCUT2D eigenvalue weighted by Crippen LogP contribution is 2.23. The topological polar surface area (TPSA) is 78.9 Å². The van der Waals surface area contributed by atoms with Crippen molar-refractivity contribution in [2.75, 3.05) is 20.3 Å². The molecule has 0 aliphatic rings. The number of aryl methyl sites for hydroxylation is 1. The van der Waals surface area contributed by atoms with Gasteiger partial charge in [0, 0.05) is 7.11 Å². The first-order valence-corrected chi connectivity index (χ1v) is 11.7. The van der Waals surface area contributed by atoms with E-state index < -0.39 is 16.1 Å². The number of rotatable bonds is 10. The molecule has 1 atom stereocenters. The monoisotopic (exact) mass is 448 g/mol. The zero-order valence-corrected chi connectivity index (χ0v) is 19.7. The van der Waals surface area contributed by atoms with Gasteiger partial charge in [-0.25, -0.2) is 4.79 Å². The highest BCUT2D eigenvalue weighted by atomic mass is 32.2. The Hall–Kier alpha value is -2.22. The Morgan fingerprint density at radius 1 is 1.03 bits per heavy atom. The van der Waals surface area contributed by atoms with Crippen molar-refractivity contribution in [3.63, 3.8) is 0 Å². The number of carbonyl (C=O) groups excluding carboxylic acids is 1. The lowest BCUT2D eigenvalue weighted by Crippen LogP contribution is -2.20. The van der Waals surface area contributed by atoms with Crippen molar-refractivity contribution in [1.29, 1.82) is 0 Å². The van der Waals surface area contributed by atoms with Gasteiger partial charge in [-0.15, -0.1) is 0 Å². The van der Waals surface area contributed by atoms with E-state index in [0.29, 0.717) is 12.8 Å². The largest absolute Gasteiger partial charge is 0.459 e. The number of esters is 1. The van der Waals surface area contributed by atoms with Crippen molar-refractivity contribution in [3.8, 4) is 0 Å². The summed E-state index contributed by atoms with van der Waals surface area (Å²) in [5, 5.41) is 0. The molecule has 0 saturated heterocycles. The second kappa shape index (κ2) is 10.9. The van der Waals surface area contributed by atoms with E-state index in [0.717, 1.165) is 5.56 Å². The summed E-state index contributed by atoms with van der Waals surface area (Å²) in [6.45, 7) is 8.27. The van der Waals surface area contributed by atoms with Crippen LogP contribution in [0.5, 0.6) is 0 Å². The molecule has 0 aromatic heterocycles. The van der Waals surface area contributed by atoms with E-state index >= 15 is 0 Å². The molecule has 7 heteroatoms. The van der Waals surface area contributed by atoms with Gasteiger partial charge in [0.1, 0.15) is 11.5 Å². The van der Waals surface area contributed by atoms with Gasteiger partial charge in [0.2, 0.25) is 0 Å². The molecule has 0 fully saturated rings. The van der Waals surface area contributed by atoms with Crippen LogP contribution in [0.25, 0.3) is 0 Å². The molecule has 2 aromatic rings. The molecule has 0 aliphatic carbocycles. The second-order valence-corrected chi connectivity index (χ2v) is 10.1. The van der Waals surface area contributed by atoms with Crippen LogP contribution in [-0.4, -0.2) is 40.8 Å². The Morgan fingerprint density at radius 3 is 2.29 bits per heavy atom. The van der Waals surface area contributed by atoms with Gasteiger partial charge in [-0.2, -0.15) is 8.42 Å². The molecular formula is C24H32O6S. The van der Waals surface area contributed by atoms with Crippen molar-refractivity contribution in [3.05, 3.63) is 65.2 Å². The van der Waals surface area contributed by atoms with Gasteiger partial charge in [-0.3, -0.25) is 4.18 Å². The minimum Gasteiger partial charge on any atom is -0.459 e. The minimum atomic E-state index is -4.09. The summed E-state index contributed by atoms with van der Waals surface area (Å²) in [6.07, 6.45) is 0.936. The molecule has 2 rings (SSSR count). The Balaban J connectivity index is 1.96. The van der Waals surface area contributed by atoms with Crippen molar-refractivity contribution < 1.29 is 26.9 Å². The van der Waals surface area contributed by atoms with Crippen LogP contribution in [0.1, 0.15) is 55.6 Å². The van der Waals surface area contributed by atoms with Crippen LogP contribution in [0.15, 0.2) is 53.4 Å². The molecular weight excluding hydrogens is 416 g/mol. The van der Waals surface area contributed by atoms with E-state index in [1.54, 1.807) is 19.1 Å². The first-order chi connectivity index (χ1) is 14.5. The number of hydrogen-bond acceptors (Lipinski definition) is 6. The lowest BCUT2D eigenvalue weighted by molar-refractivity contribution is 0.0165. The van der Waals surface area contributed by atoms with Crippen LogP contribution in [0.4, 0.5) is 0 Å². The third-order valence-corrected chi connectivity index (χ3v) is 6.27. The van der Waals surface area contributed by atoms with E-state index in [1.165, 1.54) is 24.8 Å². The van der Waals surface area contributed by atoms with Gasteiger partial charge >= 0.3 is 5.97 Å². The molecule has 2 aromatic carbocycles. The lowest BCUT2D eigenvalue weighted by atomic mass is 9.86. The van der Waals surface area contributed by atoms with E-state index in [-0.39, 0.29) is 35.2 Å². The van der Waals surface area contributed by atoms with Gasteiger partial charge in [-0.1, -0.05) is 57.2 Å². The predicted octanol–water partition coefficient (Wildman–Crippen LogP) is 4.51. The molecule has 0 radical (unpaired) electrons. The highest BCUT2D eigenvalue weighted by molar-refractivity contribution is 7.86. The predicted molar refractivity (Wildman–Crippen MR) is 120 cm³/mol. The number of carbonyl (C=O) groups is 1. The van der Waals surface area contributed by atoms with Crippen molar-refractivity contribution >= 4 is 16.1 Å².